The van der Waals surface area contributed by atoms with Gasteiger partial charge in [-0.3, -0.25) is 9.59 Å². The first-order valence-corrected chi connectivity index (χ1v) is 8.04. The van der Waals surface area contributed by atoms with Gasteiger partial charge in [0.25, 0.3) is 5.91 Å². The molecule has 1 saturated carbocycles. The lowest BCUT2D eigenvalue weighted by Crippen LogP contribution is -2.66. The van der Waals surface area contributed by atoms with Gasteiger partial charge in [-0.15, -0.1) is 11.8 Å². The molecule has 4 nitrogen and oxygen atoms in total. The monoisotopic (exact) mass is 290 g/mol. The Bertz CT molecular complexity index is 571. The van der Waals surface area contributed by atoms with Crippen LogP contribution in [0.1, 0.15) is 19.8 Å². The summed E-state index contributed by atoms with van der Waals surface area (Å²) in [6, 6.07) is 7.79. The molecule has 1 unspecified atom stereocenters. The third-order valence-corrected chi connectivity index (χ3v) is 4.87. The molecule has 1 heterocycles. The first-order valence-electron chi connectivity index (χ1n) is 6.81. The van der Waals surface area contributed by atoms with Crippen molar-refractivity contribution in [2.75, 3.05) is 17.7 Å². The number of benzene rings is 1. The second-order valence-corrected chi connectivity index (χ2v) is 6.50. The lowest BCUT2D eigenvalue weighted by molar-refractivity contribution is -0.136. The average Bonchev–Trinajstić information content (AvgIpc) is 3.28. The lowest BCUT2D eigenvalue weighted by atomic mass is 9.91. The topological polar surface area (TPSA) is 49.4 Å². The van der Waals surface area contributed by atoms with Crippen molar-refractivity contribution in [2.45, 2.75) is 30.2 Å². The van der Waals surface area contributed by atoms with Crippen molar-refractivity contribution < 1.29 is 9.59 Å². The van der Waals surface area contributed by atoms with Crippen LogP contribution in [0.2, 0.25) is 0 Å². The molecule has 1 aromatic carbocycles. The third kappa shape index (κ3) is 2.20. The van der Waals surface area contributed by atoms with Crippen molar-refractivity contribution >= 4 is 29.3 Å². The number of nitrogens with zero attached hydrogens (tertiary/aromatic N) is 1. The molecule has 3 rings (SSSR count). The number of amides is 2. The fourth-order valence-electron chi connectivity index (χ4n) is 2.80. The molecule has 0 bridgehead atoms. The van der Waals surface area contributed by atoms with E-state index in [2.05, 4.69) is 5.32 Å². The van der Waals surface area contributed by atoms with Crippen LogP contribution in [0.5, 0.6) is 0 Å². The van der Waals surface area contributed by atoms with Crippen molar-refractivity contribution in [3.63, 3.8) is 0 Å². The van der Waals surface area contributed by atoms with E-state index in [-0.39, 0.29) is 24.3 Å². The molecular weight excluding hydrogens is 272 g/mol. The highest BCUT2D eigenvalue weighted by Gasteiger charge is 2.52. The summed E-state index contributed by atoms with van der Waals surface area (Å²) in [5.41, 5.74) is 0.0774. The fourth-order valence-corrected chi connectivity index (χ4v) is 3.26. The van der Waals surface area contributed by atoms with Gasteiger partial charge in [0.15, 0.2) is 0 Å². The summed E-state index contributed by atoms with van der Waals surface area (Å²) < 4.78 is 0. The Morgan fingerprint density at radius 2 is 2.10 bits per heavy atom. The number of nitrogens with one attached hydrogen (secondary N) is 1. The molecule has 5 heteroatoms. The van der Waals surface area contributed by atoms with E-state index >= 15 is 0 Å². The number of thioether (sulfide) groups is 1. The molecule has 0 aromatic heterocycles. The van der Waals surface area contributed by atoms with Crippen LogP contribution >= 0.6 is 11.8 Å². The van der Waals surface area contributed by atoms with Crippen LogP contribution in [0, 0.1) is 5.92 Å². The lowest BCUT2D eigenvalue weighted by Gasteiger charge is -2.40. The number of rotatable bonds is 3. The van der Waals surface area contributed by atoms with Crippen molar-refractivity contribution in [1.82, 2.24) is 5.32 Å². The van der Waals surface area contributed by atoms with Crippen LogP contribution < -0.4 is 10.2 Å². The number of hydrogen-bond donors (Lipinski definition) is 1. The van der Waals surface area contributed by atoms with Gasteiger partial charge in [-0.1, -0.05) is 6.07 Å². The molecule has 2 aliphatic rings. The largest absolute Gasteiger partial charge is 0.340 e. The minimum Gasteiger partial charge on any atom is -0.340 e. The Morgan fingerprint density at radius 1 is 1.35 bits per heavy atom. The fraction of sp³-hybridized carbons (Fsp3) is 0.467. The van der Waals surface area contributed by atoms with Gasteiger partial charge in [0.05, 0.1) is 0 Å². The van der Waals surface area contributed by atoms with E-state index in [0.29, 0.717) is 0 Å². The molecule has 106 valence electrons. The maximum absolute atomic E-state index is 12.8. The van der Waals surface area contributed by atoms with Gasteiger partial charge in [0.2, 0.25) is 5.91 Å². The highest BCUT2D eigenvalue weighted by atomic mass is 32.2. The zero-order chi connectivity index (χ0) is 14.3. The Hall–Kier alpha value is -1.49. The predicted molar refractivity (Wildman–Crippen MR) is 79.8 cm³/mol. The van der Waals surface area contributed by atoms with E-state index in [1.807, 2.05) is 37.4 Å². The Kier molecular flexibility index (Phi) is 3.24. The summed E-state index contributed by atoms with van der Waals surface area (Å²) in [6.07, 6.45) is 4.03. The molecular formula is C15H18N2O2S. The number of carbonyl (C=O) groups is 2. The Morgan fingerprint density at radius 3 is 2.75 bits per heavy atom. The SMILES string of the molecule is CSc1cccc(N2CC(=O)NC(C)(C3CC3)C2=O)c1. The van der Waals surface area contributed by atoms with E-state index in [0.717, 1.165) is 23.4 Å². The molecule has 2 amide bonds. The maximum Gasteiger partial charge on any atom is 0.253 e. The molecule has 1 aliphatic carbocycles. The second-order valence-electron chi connectivity index (χ2n) is 5.62. The maximum atomic E-state index is 12.8. The van der Waals surface area contributed by atoms with E-state index in [4.69, 9.17) is 0 Å². The van der Waals surface area contributed by atoms with Gasteiger partial charge in [-0.2, -0.15) is 0 Å². The highest BCUT2D eigenvalue weighted by Crippen LogP contribution is 2.42. The minimum absolute atomic E-state index is 0.0119. The minimum atomic E-state index is -0.731. The first kappa shape index (κ1) is 13.5. The molecule has 1 aromatic rings. The summed E-state index contributed by atoms with van der Waals surface area (Å²) in [5, 5.41) is 2.90. The van der Waals surface area contributed by atoms with Gasteiger partial charge >= 0.3 is 0 Å². The van der Waals surface area contributed by atoms with E-state index < -0.39 is 5.54 Å². The van der Waals surface area contributed by atoms with Gasteiger partial charge in [-0.05, 0) is 50.1 Å². The van der Waals surface area contributed by atoms with Crippen LogP contribution in [0.3, 0.4) is 0 Å². The summed E-state index contributed by atoms with van der Waals surface area (Å²) in [5.74, 6) is 0.219. The molecule has 1 aliphatic heterocycles. The standard InChI is InChI=1S/C15H18N2O2S/c1-15(10-6-7-10)14(19)17(9-13(18)16-15)11-4-3-5-12(8-11)20-2/h3-5,8,10H,6-7,9H2,1-2H3,(H,16,18). The predicted octanol–water partition coefficient (Wildman–Crippen LogP) is 2.04. The number of anilines is 1. The average molecular weight is 290 g/mol. The third-order valence-electron chi connectivity index (χ3n) is 4.15. The van der Waals surface area contributed by atoms with Gasteiger partial charge in [-0.25, -0.2) is 0 Å². The molecule has 20 heavy (non-hydrogen) atoms. The van der Waals surface area contributed by atoms with Gasteiger partial charge < -0.3 is 10.2 Å². The van der Waals surface area contributed by atoms with Crippen molar-refractivity contribution in [1.29, 1.82) is 0 Å². The molecule has 0 spiro atoms. The van der Waals surface area contributed by atoms with Gasteiger partial charge in [0, 0.05) is 10.6 Å². The van der Waals surface area contributed by atoms with Crippen LogP contribution in [-0.4, -0.2) is 30.2 Å². The molecule has 1 atom stereocenters. The second kappa shape index (κ2) is 4.81. The zero-order valence-corrected chi connectivity index (χ0v) is 12.5. The summed E-state index contributed by atoms with van der Waals surface area (Å²) in [4.78, 5) is 27.5. The van der Waals surface area contributed by atoms with Crippen molar-refractivity contribution in [2.24, 2.45) is 5.92 Å². The zero-order valence-electron chi connectivity index (χ0n) is 11.7. The van der Waals surface area contributed by atoms with Crippen LogP contribution in [0.4, 0.5) is 5.69 Å². The summed E-state index contributed by atoms with van der Waals surface area (Å²) in [6.45, 7) is 1.97. The van der Waals surface area contributed by atoms with E-state index in [1.54, 1.807) is 16.7 Å². The smallest absolute Gasteiger partial charge is 0.253 e. The van der Waals surface area contributed by atoms with Crippen LogP contribution in [0.15, 0.2) is 29.2 Å². The van der Waals surface area contributed by atoms with Gasteiger partial charge in [0.1, 0.15) is 12.1 Å². The summed E-state index contributed by atoms with van der Waals surface area (Å²) in [7, 11) is 0. The molecule has 1 saturated heterocycles. The molecule has 0 radical (unpaired) electrons. The summed E-state index contributed by atoms with van der Waals surface area (Å²) >= 11 is 1.63. The highest BCUT2D eigenvalue weighted by molar-refractivity contribution is 7.98. The number of hydrogen-bond acceptors (Lipinski definition) is 3. The molecule has 1 N–H and O–H groups in total. The van der Waals surface area contributed by atoms with E-state index in [9.17, 15) is 9.59 Å². The van der Waals surface area contributed by atoms with Crippen molar-refractivity contribution in [3.8, 4) is 0 Å². The quantitative estimate of drug-likeness (QED) is 0.867. The van der Waals surface area contributed by atoms with Crippen LogP contribution in [-0.2, 0) is 9.59 Å². The Balaban J connectivity index is 1.95. The number of piperazine rings is 1. The first-order chi connectivity index (χ1) is 9.54. The molecule has 2 fully saturated rings. The number of carbonyl (C=O) groups excluding carboxylic acids is 2. The van der Waals surface area contributed by atoms with Crippen molar-refractivity contribution in [3.05, 3.63) is 24.3 Å². The Labute approximate surface area is 122 Å². The van der Waals surface area contributed by atoms with Crippen LogP contribution in [0.25, 0.3) is 0 Å². The van der Waals surface area contributed by atoms with E-state index in [1.165, 1.54) is 0 Å². The normalized spacial score (nSPS) is 26.6.